The fourth-order valence-corrected chi connectivity index (χ4v) is 0.673. The molecular formula is C8H8F6O4. The SMILES string of the molecule is O=C(CCC(=O)OCC(F)(F)F)OCC(F)(F)F. The molecule has 0 saturated carbocycles. The summed E-state index contributed by atoms with van der Waals surface area (Å²) in [7, 11) is 0. The van der Waals surface area contributed by atoms with E-state index in [2.05, 4.69) is 9.47 Å². The maximum Gasteiger partial charge on any atom is 0.422 e. The molecule has 0 aromatic rings. The Morgan fingerprint density at radius 3 is 1.22 bits per heavy atom. The normalized spacial score (nSPS) is 12.1. The summed E-state index contributed by atoms with van der Waals surface area (Å²) in [4.78, 5) is 21.3. The van der Waals surface area contributed by atoms with Crippen LogP contribution in [0.1, 0.15) is 12.8 Å². The summed E-state index contributed by atoms with van der Waals surface area (Å²) in [6.45, 7) is -3.63. The number of alkyl halides is 6. The Morgan fingerprint density at radius 2 is 1.00 bits per heavy atom. The second-order valence-corrected chi connectivity index (χ2v) is 3.05. The van der Waals surface area contributed by atoms with E-state index in [0.29, 0.717) is 0 Å². The van der Waals surface area contributed by atoms with Crippen LogP contribution in [0.15, 0.2) is 0 Å². The fraction of sp³-hybridized carbons (Fsp3) is 0.750. The number of ether oxygens (including phenoxy) is 2. The molecule has 0 unspecified atom stereocenters. The number of hydrogen-bond donors (Lipinski definition) is 0. The summed E-state index contributed by atoms with van der Waals surface area (Å²) in [5, 5.41) is 0. The third kappa shape index (κ3) is 11.0. The number of rotatable bonds is 5. The van der Waals surface area contributed by atoms with E-state index < -0.39 is 50.3 Å². The van der Waals surface area contributed by atoms with Gasteiger partial charge in [0.1, 0.15) is 0 Å². The summed E-state index contributed by atoms with van der Waals surface area (Å²) in [6, 6.07) is 0. The van der Waals surface area contributed by atoms with E-state index >= 15 is 0 Å². The predicted molar refractivity (Wildman–Crippen MR) is 43.3 cm³/mol. The van der Waals surface area contributed by atoms with Gasteiger partial charge in [-0.2, -0.15) is 26.3 Å². The van der Waals surface area contributed by atoms with Gasteiger partial charge >= 0.3 is 24.3 Å². The zero-order chi connectivity index (χ0) is 14.4. The molecule has 0 aliphatic carbocycles. The Bertz CT molecular complexity index is 265. The van der Waals surface area contributed by atoms with Crippen molar-refractivity contribution in [2.75, 3.05) is 13.2 Å². The van der Waals surface area contributed by atoms with Gasteiger partial charge < -0.3 is 9.47 Å². The molecule has 10 heteroatoms. The molecule has 0 bridgehead atoms. The Balaban J connectivity index is 3.76. The minimum Gasteiger partial charge on any atom is -0.456 e. The van der Waals surface area contributed by atoms with Crippen molar-refractivity contribution in [1.29, 1.82) is 0 Å². The molecule has 0 aromatic heterocycles. The largest absolute Gasteiger partial charge is 0.456 e. The third-order valence-electron chi connectivity index (χ3n) is 1.33. The van der Waals surface area contributed by atoms with Crippen molar-refractivity contribution in [3.63, 3.8) is 0 Å². The van der Waals surface area contributed by atoms with Crippen molar-refractivity contribution in [2.45, 2.75) is 25.2 Å². The molecule has 0 fully saturated rings. The summed E-state index contributed by atoms with van der Waals surface area (Å²) in [6.07, 6.45) is -11.0. The van der Waals surface area contributed by atoms with Gasteiger partial charge in [-0.1, -0.05) is 0 Å². The summed E-state index contributed by atoms with van der Waals surface area (Å²) in [5.74, 6) is -2.70. The van der Waals surface area contributed by atoms with Crippen LogP contribution < -0.4 is 0 Å². The molecule has 4 nitrogen and oxygen atoms in total. The van der Waals surface area contributed by atoms with Crippen LogP contribution >= 0.6 is 0 Å². The van der Waals surface area contributed by atoms with Crippen molar-refractivity contribution in [3.8, 4) is 0 Å². The van der Waals surface area contributed by atoms with Crippen LogP contribution in [0.3, 0.4) is 0 Å². The number of hydrogen-bond acceptors (Lipinski definition) is 4. The molecule has 0 atom stereocenters. The number of carbonyl (C=O) groups excluding carboxylic acids is 2. The van der Waals surface area contributed by atoms with E-state index in [-0.39, 0.29) is 0 Å². The van der Waals surface area contributed by atoms with Gasteiger partial charge in [-0.05, 0) is 0 Å². The van der Waals surface area contributed by atoms with Crippen LogP contribution in [0, 0.1) is 0 Å². The van der Waals surface area contributed by atoms with E-state index in [1.54, 1.807) is 0 Å². The Hall–Kier alpha value is -1.48. The van der Waals surface area contributed by atoms with E-state index in [9.17, 15) is 35.9 Å². The Kier molecular flexibility index (Phi) is 5.92. The molecule has 0 radical (unpaired) electrons. The molecule has 106 valence electrons. The van der Waals surface area contributed by atoms with Crippen LogP contribution in [-0.4, -0.2) is 37.5 Å². The smallest absolute Gasteiger partial charge is 0.422 e. The highest BCUT2D eigenvalue weighted by molar-refractivity contribution is 5.77. The van der Waals surface area contributed by atoms with Crippen molar-refractivity contribution < 1.29 is 45.4 Å². The lowest BCUT2D eigenvalue weighted by Gasteiger charge is -2.08. The first-order valence-corrected chi connectivity index (χ1v) is 4.44. The number of esters is 2. The van der Waals surface area contributed by atoms with Crippen LogP contribution in [0.5, 0.6) is 0 Å². The standard InChI is InChI=1S/C8H8F6O4/c9-7(10,11)3-17-5(15)1-2-6(16)18-4-8(12,13)14/h1-4H2. The zero-order valence-electron chi connectivity index (χ0n) is 8.73. The first kappa shape index (κ1) is 16.5. The first-order valence-electron chi connectivity index (χ1n) is 4.44. The molecule has 0 aromatic carbocycles. The minimum atomic E-state index is -4.70. The number of carbonyl (C=O) groups is 2. The molecule has 0 saturated heterocycles. The Morgan fingerprint density at radius 1 is 0.722 bits per heavy atom. The van der Waals surface area contributed by atoms with Crippen molar-refractivity contribution in [3.05, 3.63) is 0 Å². The maximum atomic E-state index is 11.6. The minimum absolute atomic E-state index is 0.785. The van der Waals surface area contributed by atoms with Gasteiger partial charge in [-0.3, -0.25) is 9.59 Å². The molecule has 0 amide bonds. The predicted octanol–water partition coefficient (Wildman–Crippen LogP) is 1.98. The average Bonchev–Trinajstić information content (AvgIpc) is 2.18. The summed E-state index contributed by atoms with van der Waals surface area (Å²) >= 11 is 0. The second kappa shape index (κ2) is 6.45. The fourth-order valence-electron chi connectivity index (χ4n) is 0.673. The van der Waals surface area contributed by atoms with Crippen molar-refractivity contribution >= 4 is 11.9 Å². The molecular weight excluding hydrogens is 274 g/mol. The molecule has 0 rings (SSSR count). The molecule has 0 spiro atoms. The highest BCUT2D eigenvalue weighted by Crippen LogP contribution is 2.16. The van der Waals surface area contributed by atoms with Gasteiger partial charge in [0, 0.05) is 0 Å². The zero-order valence-corrected chi connectivity index (χ0v) is 8.73. The lowest BCUT2D eigenvalue weighted by molar-refractivity contribution is -0.189. The summed E-state index contributed by atoms with van der Waals surface area (Å²) in [5.41, 5.74) is 0. The lowest BCUT2D eigenvalue weighted by atomic mass is 10.3. The molecule has 18 heavy (non-hydrogen) atoms. The number of halogens is 6. The van der Waals surface area contributed by atoms with E-state index in [4.69, 9.17) is 0 Å². The average molecular weight is 282 g/mol. The molecule has 0 N–H and O–H groups in total. The maximum absolute atomic E-state index is 11.6. The topological polar surface area (TPSA) is 52.6 Å². The van der Waals surface area contributed by atoms with E-state index in [1.807, 2.05) is 0 Å². The van der Waals surface area contributed by atoms with Crippen molar-refractivity contribution in [1.82, 2.24) is 0 Å². The van der Waals surface area contributed by atoms with Gasteiger partial charge in [0.2, 0.25) is 0 Å². The van der Waals surface area contributed by atoms with Gasteiger partial charge in [0.05, 0.1) is 12.8 Å². The summed E-state index contributed by atoms with van der Waals surface area (Å²) < 4.78 is 76.9. The van der Waals surface area contributed by atoms with Crippen LogP contribution in [0.4, 0.5) is 26.3 Å². The van der Waals surface area contributed by atoms with Gasteiger partial charge in [0.15, 0.2) is 13.2 Å². The van der Waals surface area contributed by atoms with E-state index in [1.165, 1.54) is 0 Å². The van der Waals surface area contributed by atoms with Crippen LogP contribution in [0.2, 0.25) is 0 Å². The quantitative estimate of drug-likeness (QED) is 0.571. The molecule has 0 aliphatic rings. The monoisotopic (exact) mass is 282 g/mol. The van der Waals surface area contributed by atoms with Crippen molar-refractivity contribution in [2.24, 2.45) is 0 Å². The Labute approximate surface area is 96.8 Å². The van der Waals surface area contributed by atoms with Gasteiger partial charge in [0.25, 0.3) is 0 Å². The van der Waals surface area contributed by atoms with Crippen LogP contribution in [-0.2, 0) is 19.1 Å². The van der Waals surface area contributed by atoms with Crippen LogP contribution in [0.25, 0.3) is 0 Å². The van der Waals surface area contributed by atoms with E-state index in [0.717, 1.165) is 0 Å². The lowest BCUT2D eigenvalue weighted by Crippen LogP contribution is -2.22. The highest BCUT2D eigenvalue weighted by Gasteiger charge is 2.31. The first-order chi connectivity index (χ1) is 7.99. The second-order valence-electron chi connectivity index (χ2n) is 3.05. The molecule has 0 aliphatic heterocycles. The van der Waals surface area contributed by atoms with Gasteiger partial charge in [-0.15, -0.1) is 0 Å². The highest BCUT2D eigenvalue weighted by atomic mass is 19.4. The third-order valence-corrected chi connectivity index (χ3v) is 1.33. The molecule has 0 heterocycles. The van der Waals surface area contributed by atoms with Gasteiger partial charge in [-0.25, -0.2) is 0 Å².